The zero-order chi connectivity index (χ0) is 12.3. The number of nitrogens with two attached hydrogens (primary N) is 1. The van der Waals surface area contributed by atoms with Crippen molar-refractivity contribution in [2.24, 2.45) is 0 Å². The van der Waals surface area contributed by atoms with Crippen molar-refractivity contribution in [2.75, 3.05) is 26.4 Å². The van der Waals surface area contributed by atoms with E-state index in [1.54, 1.807) is 0 Å². The average molecular weight is 223 g/mol. The molecule has 0 unspecified atom stereocenters. The van der Waals surface area contributed by atoms with Crippen molar-refractivity contribution in [3.05, 3.63) is 11.6 Å². The van der Waals surface area contributed by atoms with Crippen LogP contribution in [0.25, 0.3) is 0 Å². The molecular formula is C11H21N5. The van der Waals surface area contributed by atoms with E-state index in [2.05, 4.69) is 40.6 Å². The molecule has 1 heterocycles. The van der Waals surface area contributed by atoms with Gasteiger partial charge in [-0.25, -0.2) is 4.98 Å². The molecule has 1 rings (SSSR count). The number of nitrogens with zero attached hydrogens (tertiary/aromatic N) is 4. The Balaban J connectivity index is 2.90. The van der Waals surface area contributed by atoms with Crippen LogP contribution in [0, 0.1) is 0 Å². The van der Waals surface area contributed by atoms with E-state index < -0.39 is 0 Å². The quantitative estimate of drug-likeness (QED) is 0.823. The molecule has 0 spiro atoms. The van der Waals surface area contributed by atoms with Crippen LogP contribution in [0.3, 0.4) is 0 Å². The number of hydrogen-bond acceptors (Lipinski definition) is 5. The molecule has 1 aromatic rings. The summed E-state index contributed by atoms with van der Waals surface area (Å²) >= 11 is 0. The van der Waals surface area contributed by atoms with E-state index in [1.807, 2.05) is 14.1 Å². The molecule has 0 radical (unpaired) electrons. The Morgan fingerprint density at radius 1 is 1.12 bits per heavy atom. The van der Waals surface area contributed by atoms with Gasteiger partial charge in [0.15, 0.2) is 0 Å². The van der Waals surface area contributed by atoms with Gasteiger partial charge in [-0.1, -0.05) is 20.8 Å². The Morgan fingerprint density at radius 2 is 1.75 bits per heavy atom. The van der Waals surface area contributed by atoms with E-state index in [4.69, 9.17) is 5.73 Å². The number of nitrogen functional groups attached to an aromatic ring is 1. The summed E-state index contributed by atoms with van der Waals surface area (Å²) in [5.74, 6) is 1.84. The van der Waals surface area contributed by atoms with Crippen molar-refractivity contribution in [3.63, 3.8) is 0 Å². The second-order valence-electron chi connectivity index (χ2n) is 5.24. The molecule has 0 aliphatic rings. The fourth-order valence-electron chi connectivity index (χ4n) is 1.21. The van der Waals surface area contributed by atoms with Crippen molar-refractivity contribution in [2.45, 2.75) is 32.6 Å². The van der Waals surface area contributed by atoms with Crippen LogP contribution in [0.1, 0.15) is 32.4 Å². The second kappa shape index (κ2) is 4.74. The molecule has 0 atom stereocenters. The molecule has 0 aromatic carbocycles. The summed E-state index contributed by atoms with van der Waals surface area (Å²) in [6.07, 6.45) is 0.794. The number of aromatic nitrogens is 3. The van der Waals surface area contributed by atoms with Gasteiger partial charge in [-0.2, -0.15) is 9.97 Å². The molecule has 0 fully saturated rings. The molecule has 0 saturated carbocycles. The average Bonchev–Trinajstić information content (AvgIpc) is 2.12. The molecule has 16 heavy (non-hydrogen) atoms. The van der Waals surface area contributed by atoms with E-state index in [1.165, 1.54) is 0 Å². The van der Waals surface area contributed by atoms with Crippen molar-refractivity contribution in [1.82, 2.24) is 19.9 Å². The summed E-state index contributed by atoms with van der Waals surface area (Å²) in [6.45, 7) is 7.11. The third-order valence-electron chi connectivity index (χ3n) is 2.15. The van der Waals surface area contributed by atoms with Crippen LogP contribution in [0.15, 0.2) is 0 Å². The highest BCUT2D eigenvalue weighted by molar-refractivity contribution is 5.19. The molecule has 90 valence electrons. The molecule has 0 aliphatic carbocycles. The summed E-state index contributed by atoms with van der Waals surface area (Å²) in [5, 5.41) is 0. The molecule has 1 aromatic heterocycles. The van der Waals surface area contributed by atoms with E-state index in [0.29, 0.717) is 5.95 Å². The molecular weight excluding hydrogens is 202 g/mol. The van der Waals surface area contributed by atoms with Crippen LogP contribution in [0.2, 0.25) is 0 Å². The summed E-state index contributed by atoms with van der Waals surface area (Å²) in [7, 11) is 4.05. The van der Waals surface area contributed by atoms with Gasteiger partial charge in [0.2, 0.25) is 5.95 Å². The lowest BCUT2D eigenvalue weighted by Crippen LogP contribution is -2.21. The molecule has 0 saturated heterocycles. The maximum atomic E-state index is 5.69. The lowest BCUT2D eigenvalue weighted by Gasteiger charge is -2.17. The minimum absolute atomic E-state index is 0.0933. The normalized spacial score (nSPS) is 12.1. The minimum atomic E-state index is -0.0933. The number of anilines is 1. The number of hydrogen-bond donors (Lipinski definition) is 1. The molecule has 0 bridgehead atoms. The lowest BCUT2D eigenvalue weighted by atomic mass is 9.96. The van der Waals surface area contributed by atoms with Gasteiger partial charge in [0.1, 0.15) is 11.6 Å². The van der Waals surface area contributed by atoms with Gasteiger partial charge >= 0.3 is 0 Å². The first-order chi connectivity index (χ1) is 7.29. The first-order valence-corrected chi connectivity index (χ1v) is 5.44. The minimum Gasteiger partial charge on any atom is -0.368 e. The topological polar surface area (TPSA) is 67.9 Å². The fraction of sp³-hybridized carbons (Fsp3) is 0.727. The van der Waals surface area contributed by atoms with Gasteiger partial charge in [0, 0.05) is 18.4 Å². The standard InChI is InChI=1S/C11H21N5/c1-11(2,3)9-13-8(6-7-16(4)5)14-10(12)15-9/h6-7H2,1-5H3,(H2,12,13,14,15). The Labute approximate surface area is 97.1 Å². The zero-order valence-corrected chi connectivity index (χ0v) is 10.8. The maximum absolute atomic E-state index is 5.69. The first-order valence-electron chi connectivity index (χ1n) is 5.44. The third-order valence-corrected chi connectivity index (χ3v) is 2.15. The van der Waals surface area contributed by atoms with Crippen LogP contribution in [0.5, 0.6) is 0 Å². The van der Waals surface area contributed by atoms with Crippen LogP contribution in [-0.4, -0.2) is 40.5 Å². The highest BCUT2D eigenvalue weighted by Crippen LogP contribution is 2.18. The molecule has 0 amide bonds. The van der Waals surface area contributed by atoms with E-state index in [9.17, 15) is 0 Å². The Hall–Kier alpha value is -1.23. The third kappa shape index (κ3) is 3.73. The highest BCUT2D eigenvalue weighted by Gasteiger charge is 2.19. The monoisotopic (exact) mass is 223 g/mol. The van der Waals surface area contributed by atoms with Gasteiger partial charge in [-0.3, -0.25) is 0 Å². The van der Waals surface area contributed by atoms with Crippen LogP contribution >= 0.6 is 0 Å². The van der Waals surface area contributed by atoms with Crippen molar-refractivity contribution in [3.8, 4) is 0 Å². The SMILES string of the molecule is CN(C)CCc1nc(N)nc(C(C)(C)C)n1. The van der Waals surface area contributed by atoms with E-state index >= 15 is 0 Å². The van der Waals surface area contributed by atoms with Gasteiger partial charge in [-0.05, 0) is 14.1 Å². The highest BCUT2D eigenvalue weighted by atomic mass is 15.1. The van der Waals surface area contributed by atoms with Gasteiger partial charge < -0.3 is 10.6 Å². The van der Waals surface area contributed by atoms with Crippen molar-refractivity contribution in [1.29, 1.82) is 0 Å². The largest absolute Gasteiger partial charge is 0.368 e. The first kappa shape index (κ1) is 12.8. The van der Waals surface area contributed by atoms with E-state index in [-0.39, 0.29) is 5.41 Å². The van der Waals surface area contributed by atoms with Gasteiger partial charge in [0.05, 0.1) is 0 Å². The Kier molecular flexibility index (Phi) is 3.80. The van der Waals surface area contributed by atoms with Gasteiger partial charge in [0.25, 0.3) is 0 Å². The summed E-state index contributed by atoms with van der Waals surface area (Å²) < 4.78 is 0. The predicted octanol–water partition coefficient (Wildman–Crippen LogP) is 0.855. The van der Waals surface area contributed by atoms with Crippen molar-refractivity contribution >= 4 is 5.95 Å². The molecule has 0 aliphatic heterocycles. The van der Waals surface area contributed by atoms with Gasteiger partial charge in [-0.15, -0.1) is 0 Å². The molecule has 2 N–H and O–H groups in total. The van der Waals surface area contributed by atoms with Crippen molar-refractivity contribution < 1.29 is 0 Å². The fourth-order valence-corrected chi connectivity index (χ4v) is 1.21. The summed E-state index contributed by atoms with van der Waals surface area (Å²) in [5.41, 5.74) is 5.59. The molecule has 5 heteroatoms. The number of rotatable bonds is 3. The van der Waals surface area contributed by atoms with E-state index in [0.717, 1.165) is 24.6 Å². The predicted molar refractivity (Wildman–Crippen MR) is 65.2 cm³/mol. The second-order valence-corrected chi connectivity index (χ2v) is 5.24. The Morgan fingerprint density at radius 3 is 2.25 bits per heavy atom. The Bertz CT molecular complexity index is 354. The van der Waals surface area contributed by atoms with Crippen LogP contribution < -0.4 is 5.73 Å². The lowest BCUT2D eigenvalue weighted by molar-refractivity contribution is 0.408. The zero-order valence-electron chi connectivity index (χ0n) is 10.8. The van der Waals surface area contributed by atoms with Crippen LogP contribution in [-0.2, 0) is 11.8 Å². The number of likely N-dealkylation sites (N-methyl/N-ethyl adjacent to an activating group) is 1. The summed E-state index contributed by atoms with van der Waals surface area (Å²) in [6, 6.07) is 0. The smallest absolute Gasteiger partial charge is 0.223 e. The van der Waals surface area contributed by atoms with Crippen LogP contribution in [0.4, 0.5) is 5.95 Å². The maximum Gasteiger partial charge on any atom is 0.223 e. The molecule has 5 nitrogen and oxygen atoms in total. The summed E-state index contributed by atoms with van der Waals surface area (Å²) in [4.78, 5) is 14.9.